The number of hydrogen-bond acceptors (Lipinski definition) is 5. The molecule has 0 spiro atoms. The van der Waals surface area contributed by atoms with Crippen molar-refractivity contribution < 1.29 is 19.1 Å². The predicted octanol–water partition coefficient (Wildman–Crippen LogP) is 3.25. The van der Waals surface area contributed by atoms with Crippen molar-refractivity contribution in [2.24, 2.45) is 0 Å². The van der Waals surface area contributed by atoms with Gasteiger partial charge in [-0.2, -0.15) is 11.3 Å². The van der Waals surface area contributed by atoms with Gasteiger partial charge in [-0.3, -0.25) is 9.59 Å². The number of carbonyl (C=O) groups is 2. The van der Waals surface area contributed by atoms with Crippen LogP contribution in [0.4, 0.5) is 0 Å². The van der Waals surface area contributed by atoms with E-state index in [9.17, 15) is 9.59 Å². The third-order valence-electron chi connectivity index (χ3n) is 5.99. The van der Waals surface area contributed by atoms with E-state index in [2.05, 4.69) is 10.7 Å². The normalized spacial score (nSPS) is 16.2. The van der Waals surface area contributed by atoms with E-state index in [1.54, 1.807) is 37.5 Å². The second-order valence-corrected chi connectivity index (χ2v) is 8.52. The van der Waals surface area contributed by atoms with Crippen LogP contribution in [0, 0.1) is 0 Å². The van der Waals surface area contributed by atoms with Crippen molar-refractivity contribution in [3.63, 3.8) is 0 Å². The number of benzene rings is 1. The summed E-state index contributed by atoms with van der Waals surface area (Å²) >= 11 is 1.61. The van der Waals surface area contributed by atoms with Crippen LogP contribution in [0.15, 0.2) is 53.5 Å². The average Bonchev–Trinajstić information content (AvgIpc) is 3.54. The van der Waals surface area contributed by atoms with Gasteiger partial charge in [0.15, 0.2) is 11.5 Å². The Bertz CT molecular complexity index is 1040. The van der Waals surface area contributed by atoms with Crippen molar-refractivity contribution in [3.05, 3.63) is 70.2 Å². The van der Waals surface area contributed by atoms with Gasteiger partial charge in [0.1, 0.15) is 6.04 Å². The van der Waals surface area contributed by atoms with Crippen molar-refractivity contribution in [2.75, 3.05) is 21.3 Å². The summed E-state index contributed by atoms with van der Waals surface area (Å²) in [5, 5.41) is 6.80. The number of rotatable bonds is 7. The number of nitrogens with one attached hydrogen (secondary N) is 1. The standard InChI is InChI=1S/C24H27N3O4S/c1-25-24(29)20-10-17-11-21(30-2)22(31-3)12-18(17)14-27(20)23(28)13-19(16-6-9-32-15-16)26-7-4-5-8-26/h4-9,11-12,15,19-20H,10,13-14H2,1-3H3,(H,25,29)/t19-,20-/m0/s1. The van der Waals surface area contributed by atoms with Gasteiger partial charge in [0.25, 0.3) is 0 Å². The maximum absolute atomic E-state index is 13.6. The Morgan fingerprint density at radius 2 is 1.84 bits per heavy atom. The Hall–Kier alpha value is -3.26. The molecular formula is C24H27N3O4S. The number of likely N-dealkylation sites (N-methyl/N-ethyl adjacent to an activating group) is 1. The van der Waals surface area contributed by atoms with Gasteiger partial charge in [-0.25, -0.2) is 0 Å². The van der Waals surface area contributed by atoms with Gasteiger partial charge in [-0.15, -0.1) is 0 Å². The topological polar surface area (TPSA) is 72.8 Å². The van der Waals surface area contributed by atoms with Gasteiger partial charge < -0.3 is 24.3 Å². The van der Waals surface area contributed by atoms with Crippen LogP contribution in [0.5, 0.6) is 11.5 Å². The van der Waals surface area contributed by atoms with Gasteiger partial charge in [0.2, 0.25) is 11.8 Å². The Kier molecular flexibility index (Phi) is 6.50. The van der Waals surface area contributed by atoms with Crippen molar-refractivity contribution in [1.82, 2.24) is 14.8 Å². The van der Waals surface area contributed by atoms with Gasteiger partial charge in [0.05, 0.1) is 26.7 Å². The number of methoxy groups -OCH3 is 2. The van der Waals surface area contributed by atoms with Crippen LogP contribution in [0.25, 0.3) is 0 Å². The lowest BCUT2D eigenvalue weighted by Crippen LogP contribution is -2.52. The van der Waals surface area contributed by atoms with Gasteiger partial charge >= 0.3 is 0 Å². The van der Waals surface area contributed by atoms with Crippen LogP contribution in [0.3, 0.4) is 0 Å². The zero-order valence-corrected chi connectivity index (χ0v) is 19.2. The molecule has 3 aromatic rings. The Morgan fingerprint density at radius 3 is 2.44 bits per heavy atom. The van der Waals surface area contributed by atoms with Gasteiger partial charge in [-0.1, -0.05) is 0 Å². The van der Waals surface area contributed by atoms with E-state index in [4.69, 9.17) is 9.47 Å². The first-order chi connectivity index (χ1) is 15.5. The molecule has 2 atom stereocenters. The van der Waals surface area contributed by atoms with Crippen molar-refractivity contribution in [2.45, 2.75) is 31.5 Å². The lowest BCUT2D eigenvalue weighted by Gasteiger charge is -2.37. The Labute approximate surface area is 191 Å². The minimum absolute atomic E-state index is 0.0658. The summed E-state index contributed by atoms with van der Waals surface area (Å²) in [6.07, 6.45) is 4.62. The summed E-state index contributed by atoms with van der Waals surface area (Å²) in [4.78, 5) is 28.0. The molecule has 0 bridgehead atoms. The van der Waals surface area contributed by atoms with E-state index in [1.807, 2.05) is 52.7 Å². The third kappa shape index (κ3) is 4.23. The summed E-state index contributed by atoms with van der Waals surface area (Å²) in [7, 11) is 4.78. The lowest BCUT2D eigenvalue weighted by molar-refractivity contribution is -0.142. The van der Waals surface area contributed by atoms with Crippen LogP contribution < -0.4 is 14.8 Å². The first-order valence-electron chi connectivity index (χ1n) is 10.4. The van der Waals surface area contributed by atoms with Crippen LogP contribution in [0.2, 0.25) is 0 Å². The first kappa shape index (κ1) is 22.0. The Balaban J connectivity index is 1.65. The third-order valence-corrected chi connectivity index (χ3v) is 6.69. The van der Waals surface area contributed by atoms with Crippen molar-refractivity contribution in [1.29, 1.82) is 0 Å². The number of amides is 2. The summed E-state index contributed by atoms with van der Waals surface area (Å²) in [6.45, 7) is 0.342. The molecule has 1 aliphatic heterocycles. The first-order valence-corrected chi connectivity index (χ1v) is 11.4. The molecule has 1 N–H and O–H groups in total. The highest BCUT2D eigenvalue weighted by Crippen LogP contribution is 2.35. The number of carbonyl (C=O) groups excluding carboxylic acids is 2. The van der Waals surface area contributed by atoms with E-state index in [-0.39, 0.29) is 24.3 Å². The molecule has 2 amide bonds. The molecule has 0 saturated heterocycles. The smallest absolute Gasteiger partial charge is 0.242 e. The number of ether oxygens (including phenoxy) is 2. The second kappa shape index (κ2) is 9.48. The SMILES string of the molecule is CNC(=O)[C@@H]1Cc2cc(OC)c(OC)cc2CN1C(=O)C[C@@H](c1ccsc1)n1cccc1. The molecule has 4 rings (SSSR count). The molecule has 0 saturated carbocycles. The second-order valence-electron chi connectivity index (χ2n) is 7.74. The number of aromatic nitrogens is 1. The van der Waals surface area contributed by atoms with E-state index in [0.29, 0.717) is 24.5 Å². The maximum atomic E-state index is 13.6. The maximum Gasteiger partial charge on any atom is 0.242 e. The fourth-order valence-corrected chi connectivity index (χ4v) is 4.98. The summed E-state index contributed by atoms with van der Waals surface area (Å²) < 4.78 is 12.9. The summed E-state index contributed by atoms with van der Waals surface area (Å²) in [5.41, 5.74) is 3.03. The Morgan fingerprint density at radius 1 is 1.16 bits per heavy atom. The molecule has 2 aromatic heterocycles. The molecular weight excluding hydrogens is 426 g/mol. The van der Waals surface area contributed by atoms with E-state index < -0.39 is 6.04 Å². The minimum atomic E-state index is -0.578. The monoisotopic (exact) mass is 453 g/mol. The van der Waals surface area contributed by atoms with E-state index in [1.165, 1.54) is 0 Å². The zero-order valence-electron chi connectivity index (χ0n) is 18.4. The molecule has 1 aromatic carbocycles. The van der Waals surface area contributed by atoms with E-state index in [0.717, 1.165) is 16.7 Å². The fraction of sp³-hybridized carbons (Fsp3) is 0.333. The minimum Gasteiger partial charge on any atom is -0.493 e. The largest absolute Gasteiger partial charge is 0.493 e. The molecule has 168 valence electrons. The molecule has 0 aliphatic carbocycles. The average molecular weight is 454 g/mol. The van der Waals surface area contributed by atoms with Gasteiger partial charge in [-0.05, 0) is 57.8 Å². The number of fused-ring (bicyclic) bond motifs is 1. The molecule has 0 radical (unpaired) electrons. The highest BCUT2D eigenvalue weighted by molar-refractivity contribution is 7.08. The fourth-order valence-electron chi connectivity index (χ4n) is 4.27. The molecule has 1 aliphatic rings. The molecule has 32 heavy (non-hydrogen) atoms. The van der Waals surface area contributed by atoms with E-state index >= 15 is 0 Å². The van der Waals surface area contributed by atoms with Crippen LogP contribution in [0.1, 0.15) is 29.2 Å². The number of nitrogens with zero attached hydrogens (tertiary/aromatic N) is 2. The summed E-state index contributed by atoms with van der Waals surface area (Å²) in [5.74, 6) is 0.989. The molecule has 0 unspecified atom stereocenters. The number of hydrogen-bond donors (Lipinski definition) is 1. The molecule has 3 heterocycles. The molecule has 7 nitrogen and oxygen atoms in total. The number of thiophene rings is 1. The highest BCUT2D eigenvalue weighted by atomic mass is 32.1. The summed E-state index contributed by atoms with van der Waals surface area (Å²) in [6, 6.07) is 9.05. The quantitative estimate of drug-likeness (QED) is 0.596. The molecule has 0 fully saturated rings. The van der Waals surface area contributed by atoms with Gasteiger partial charge in [0, 0.05) is 32.4 Å². The van der Waals surface area contributed by atoms with Crippen molar-refractivity contribution in [3.8, 4) is 11.5 Å². The highest BCUT2D eigenvalue weighted by Gasteiger charge is 2.36. The van der Waals surface area contributed by atoms with Crippen molar-refractivity contribution >= 4 is 23.2 Å². The lowest BCUT2D eigenvalue weighted by atomic mass is 9.92. The predicted molar refractivity (Wildman–Crippen MR) is 123 cm³/mol. The zero-order chi connectivity index (χ0) is 22.7. The van der Waals surface area contributed by atoms with Crippen LogP contribution in [-0.4, -0.2) is 48.6 Å². The molecule has 8 heteroatoms. The van der Waals surface area contributed by atoms with Crippen LogP contribution >= 0.6 is 11.3 Å². The van der Waals surface area contributed by atoms with Crippen LogP contribution in [-0.2, 0) is 22.6 Å².